The third-order valence-corrected chi connectivity index (χ3v) is 6.35. The van der Waals surface area contributed by atoms with E-state index in [0.29, 0.717) is 5.69 Å². The van der Waals surface area contributed by atoms with Gasteiger partial charge in [-0.3, -0.25) is 9.03 Å². The van der Waals surface area contributed by atoms with Crippen LogP contribution in [0.1, 0.15) is 12.8 Å². The highest BCUT2D eigenvalue weighted by Gasteiger charge is 2.35. The van der Waals surface area contributed by atoms with Gasteiger partial charge in [-0.15, -0.1) is 0 Å². The highest BCUT2D eigenvalue weighted by Crippen LogP contribution is 2.34. The molecule has 0 heterocycles. The summed E-state index contributed by atoms with van der Waals surface area (Å²) in [7, 11) is -7.23. The first kappa shape index (κ1) is 17.7. The predicted octanol–water partition coefficient (Wildman–Crippen LogP) is 2.55. The minimum Gasteiger partial charge on any atom is -0.280 e. The standard InChI is InChI=1S/C16H17FN2O4S2/c1-24(20,21)19(15-8-9-15)14-6-4-13(5-7-14)18-25(22,23)16-10-2-12(17)3-11-16/h2-7,10-11,15,18H,8-9H2,1H3. The largest absolute Gasteiger partial charge is 0.280 e. The van der Waals surface area contributed by atoms with Crippen LogP contribution in [0, 0.1) is 5.82 Å². The zero-order chi connectivity index (χ0) is 18.2. The van der Waals surface area contributed by atoms with Crippen LogP contribution < -0.4 is 9.03 Å². The van der Waals surface area contributed by atoms with E-state index < -0.39 is 25.9 Å². The number of halogens is 1. The molecule has 0 unspecified atom stereocenters. The van der Waals surface area contributed by atoms with Crippen LogP contribution in [-0.4, -0.2) is 29.1 Å². The molecule has 0 radical (unpaired) electrons. The topological polar surface area (TPSA) is 83.6 Å². The molecule has 0 aliphatic heterocycles. The Morgan fingerprint density at radius 1 is 0.960 bits per heavy atom. The fourth-order valence-electron chi connectivity index (χ4n) is 2.49. The fourth-order valence-corrected chi connectivity index (χ4v) is 4.80. The van der Waals surface area contributed by atoms with Gasteiger partial charge in [0.25, 0.3) is 10.0 Å². The van der Waals surface area contributed by atoms with E-state index in [9.17, 15) is 21.2 Å². The van der Waals surface area contributed by atoms with E-state index >= 15 is 0 Å². The van der Waals surface area contributed by atoms with Crippen molar-refractivity contribution >= 4 is 31.4 Å². The first-order chi connectivity index (χ1) is 11.7. The van der Waals surface area contributed by atoms with Crippen molar-refractivity contribution in [2.24, 2.45) is 0 Å². The maximum Gasteiger partial charge on any atom is 0.261 e. The van der Waals surface area contributed by atoms with Gasteiger partial charge < -0.3 is 0 Å². The number of rotatable bonds is 6. The molecule has 1 aliphatic rings. The van der Waals surface area contributed by atoms with Crippen molar-refractivity contribution in [1.82, 2.24) is 0 Å². The smallest absolute Gasteiger partial charge is 0.261 e. The van der Waals surface area contributed by atoms with Gasteiger partial charge in [0.05, 0.1) is 16.8 Å². The molecule has 1 saturated carbocycles. The Labute approximate surface area is 146 Å². The lowest BCUT2D eigenvalue weighted by atomic mass is 10.3. The third-order valence-electron chi connectivity index (χ3n) is 3.73. The second kappa shape index (κ2) is 6.30. The molecular formula is C16H17FN2O4S2. The van der Waals surface area contributed by atoms with Crippen molar-refractivity contribution in [1.29, 1.82) is 0 Å². The number of nitrogens with one attached hydrogen (secondary N) is 1. The third kappa shape index (κ3) is 4.10. The number of sulfonamides is 2. The lowest BCUT2D eigenvalue weighted by Gasteiger charge is -2.22. The van der Waals surface area contributed by atoms with Gasteiger partial charge >= 0.3 is 0 Å². The Balaban J connectivity index is 1.82. The summed E-state index contributed by atoms with van der Waals surface area (Å²) in [5.41, 5.74) is 0.784. The molecule has 0 saturated heterocycles. The van der Waals surface area contributed by atoms with Crippen LogP contribution in [-0.2, 0) is 20.0 Å². The number of hydrogen-bond donors (Lipinski definition) is 1. The highest BCUT2D eigenvalue weighted by atomic mass is 32.2. The van der Waals surface area contributed by atoms with Crippen LogP contribution in [0.25, 0.3) is 0 Å². The lowest BCUT2D eigenvalue weighted by molar-refractivity contribution is 0.595. The molecule has 0 amide bonds. The molecule has 1 aliphatic carbocycles. The summed E-state index contributed by atoms with van der Waals surface area (Å²) in [6.45, 7) is 0. The van der Waals surface area contributed by atoms with Crippen LogP contribution in [0.3, 0.4) is 0 Å². The summed E-state index contributed by atoms with van der Waals surface area (Å²) in [6, 6.07) is 10.6. The summed E-state index contributed by atoms with van der Waals surface area (Å²) >= 11 is 0. The van der Waals surface area contributed by atoms with E-state index in [1.165, 1.54) is 28.6 Å². The Bertz CT molecular complexity index is 968. The summed E-state index contributed by atoms with van der Waals surface area (Å²) in [5.74, 6) is -0.524. The van der Waals surface area contributed by atoms with Crippen molar-refractivity contribution in [2.75, 3.05) is 15.3 Å². The Morgan fingerprint density at radius 2 is 1.52 bits per heavy atom. The van der Waals surface area contributed by atoms with Crippen LogP contribution in [0.4, 0.5) is 15.8 Å². The van der Waals surface area contributed by atoms with E-state index in [0.717, 1.165) is 31.2 Å². The van der Waals surface area contributed by atoms with Gasteiger partial charge in [0.1, 0.15) is 5.82 Å². The molecule has 1 N–H and O–H groups in total. The molecule has 25 heavy (non-hydrogen) atoms. The Morgan fingerprint density at radius 3 is 2.00 bits per heavy atom. The van der Waals surface area contributed by atoms with E-state index in [1.807, 2.05) is 0 Å². The number of nitrogens with zero attached hydrogens (tertiary/aromatic N) is 1. The number of benzene rings is 2. The van der Waals surface area contributed by atoms with Gasteiger partial charge in [0.2, 0.25) is 10.0 Å². The Kier molecular flexibility index (Phi) is 4.46. The highest BCUT2D eigenvalue weighted by molar-refractivity contribution is 7.92. The van der Waals surface area contributed by atoms with Crippen LogP contribution in [0.15, 0.2) is 53.4 Å². The van der Waals surface area contributed by atoms with Gasteiger partial charge in [0.15, 0.2) is 0 Å². The average Bonchev–Trinajstić information content (AvgIpc) is 3.33. The first-order valence-corrected chi connectivity index (χ1v) is 10.9. The summed E-state index contributed by atoms with van der Waals surface area (Å²) < 4.78 is 65.0. The molecule has 3 rings (SSSR count). The van der Waals surface area contributed by atoms with Crippen molar-refractivity contribution < 1.29 is 21.2 Å². The molecule has 9 heteroatoms. The van der Waals surface area contributed by atoms with Gasteiger partial charge in [0, 0.05) is 11.7 Å². The SMILES string of the molecule is CS(=O)(=O)N(c1ccc(NS(=O)(=O)c2ccc(F)cc2)cc1)C1CC1. The minimum absolute atomic E-state index is 0.0308. The van der Waals surface area contributed by atoms with E-state index in [4.69, 9.17) is 0 Å². The fraction of sp³-hybridized carbons (Fsp3) is 0.250. The van der Waals surface area contributed by atoms with E-state index in [2.05, 4.69) is 4.72 Å². The molecule has 2 aromatic carbocycles. The maximum atomic E-state index is 12.9. The summed E-state index contributed by atoms with van der Waals surface area (Å²) in [4.78, 5) is -0.0614. The van der Waals surface area contributed by atoms with Crippen molar-refractivity contribution in [2.45, 2.75) is 23.8 Å². The van der Waals surface area contributed by atoms with Gasteiger partial charge in [-0.1, -0.05) is 0 Å². The molecule has 0 spiro atoms. The molecule has 134 valence electrons. The van der Waals surface area contributed by atoms with Crippen LogP contribution in [0.5, 0.6) is 0 Å². The van der Waals surface area contributed by atoms with Crippen LogP contribution >= 0.6 is 0 Å². The molecule has 6 nitrogen and oxygen atoms in total. The monoisotopic (exact) mass is 384 g/mol. The average molecular weight is 384 g/mol. The normalized spacial score (nSPS) is 15.0. The second-order valence-corrected chi connectivity index (χ2v) is 9.44. The minimum atomic E-state index is -3.84. The molecular weight excluding hydrogens is 367 g/mol. The van der Waals surface area contributed by atoms with Crippen molar-refractivity contribution in [3.05, 3.63) is 54.3 Å². The zero-order valence-corrected chi connectivity index (χ0v) is 15.0. The first-order valence-electron chi connectivity index (χ1n) is 7.55. The molecule has 0 bridgehead atoms. The van der Waals surface area contributed by atoms with Crippen LogP contribution in [0.2, 0.25) is 0 Å². The van der Waals surface area contributed by atoms with E-state index in [1.54, 1.807) is 12.1 Å². The van der Waals surface area contributed by atoms with Gasteiger partial charge in [-0.05, 0) is 61.4 Å². The van der Waals surface area contributed by atoms with Gasteiger partial charge in [-0.2, -0.15) is 0 Å². The predicted molar refractivity (Wildman–Crippen MR) is 94.0 cm³/mol. The molecule has 0 aromatic heterocycles. The number of hydrogen-bond acceptors (Lipinski definition) is 4. The zero-order valence-electron chi connectivity index (χ0n) is 13.4. The van der Waals surface area contributed by atoms with Crippen molar-refractivity contribution in [3.8, 4) is 0 Å². The Hall–Kier alpha value is -2.13. The molecule has 1 fully saturated rings. The van der Waals surface area contributed by atoms with E-state index in [-0.39, 0.29) is 16.6 Å². The molecule has 0 atom stereocenters. The lowest BCUT2D eigenvalue weighted by Crippen LogP contribution is -2.31. The number of anilines is 2. The maximum absolute atomic E-state index is 12.9. The van der Waals surface area contributed by atoms with Crippen molar-refractivity contribution in [3.63, 3.8) is 0 Å². The summed E-state index contributed by atoms with van der Waals surface area (Å²) in [5, 5.41) is 0. The molecule has 2 aromatic rings. The summed E-state index contributed by atoms with van der Waals surface area (Å²) in [6.07, 6.45) is 2.77. The quantitative estimate of drug-likeness (QED) is 0.830. The van der Waals surface area contributed by atoms with Gasteiger partial charge in [-0.25, -0.2) is 21.2 Å². The second-order valence-electron chi connectivity index (χ2n) is 5.90.